The minimum atomic E-state index is 0.295. The summed E-state index contributed by atoms with van der Waals surface area (Å²) in [6, 6.07) is 14.6. The van der Waals surface area contributed by atoms with E-state index < -0.39 is 0 Å². The number of aromatic nitrogens is 4. The maximum Gasteiger partial charge on any atom is 0.166 e. The second kappa shape index (κ2) is 7.27. The first-order chi connectivity index (χ1) is 14.2. The van der Waals surface area contributed by atoms with Crippen molar-refractivity contribution in [1.82, 2.24) is 24.5 Å². The van der Waals surface area contributed by atoms with Crippen LogP contribution in [-0.2, 0) is 6.54 Å². The summed E-state index contributed by atoms with van der Waals surface area (Å²) in [5.74, 6) is 0.424. The summed E-state index contributed by atoms with van der Waals surface area (Å²) in [7, 11) is 0. The highest BCUT2D eigenvalue weighted by Crippen LogP contribution is 2.29. The van der Waals surface area contributed by atoms with Crippen LogP contribution in [0.2, 0.25) is 0 Å². The molecular formula is C22H23N7. The maximum atomic E-state index is 6.17. The van der Waals surface area contributed by atoms with Crippen molar-refractivity contribution in [2.75, 3.05) is 18.8 Å². The van der Waals surface area contributed by atoms with Crippen molar-refractivity contribution in [1.29, 1.82) is 0 Å². The molecule has 1 aliphatic heterocycles. The van der Waals surface area contributed by atoms with Gasteiger partial charge in [-0.25, -0.2) is 9.50 Å². The number of pyridine rings is 1. The van der Waals surface area contributed by atoms with Crippen LogP contribution in [0.4, 0.5) is 5.82 Å². The molecule has 0 bridgehead atoms. The second-order valence-corrected chi connectivity index (χ2v) is 7.57. The van der Waals surface area contributed by atoms with Gasteiger partial charge in [-0.2, -0.15) is 0 Å². The lowest BCUT2D eigenvalue weighted by molar-refractivity contribution is 0.327. The molecule has 4 aromatic rings. The lowest BCUT2D eigenvalue weighted by atomic mass is 10.1. The Labute approximate surface area is 169 Å². The van der Waals surface area contributed by atoms with E-state index in [1.807, 2.05) is 30.6 Å². The molecule has 0 saturated carbocycles. The van der Waals surface area contributed by atoms with Gasteiger partial charge < -0.3 is 11.5 Å². The Hall–Kier alpha value is -3.29. The number of likely N-dealkylation sites (tertiary alicyclic amines) is 1. The van der Waals surface area contributed by atoms with Gasteiger partial charge in [0.1, 0.15) is 0 Å². The van der Waals surface area contributed by atoms with E-state index in [1.165, 1.54) is 5.56 Å². The smallest absolute Gasteiger partial charge is 0.166 e. The van der Waals surface area contributed by atoms with Crippen LogP contribution in [0.3, 0.4) is 0 Å². The summed E-state index contributed by atoms with van der Waals surface area (Å²) < 4.78 is 1.74. The van der Waals surface area contributed by atoms with Gasteiger partial charge in [-0.15, -0.1) is 5.10 Å². The Morgan fingerprint density at radius 3 is 2.79 bits per heavy atom. The van der Waals surface area contributed by atoms with E-state index in [-0.39, 0.29) is 0 Å². The van der Waals surface area contributed by atoms with Gasteiger partial charge in [0.25, 0.3) is 0 Å². The summed E-state index contributed by atoms with van der Waals surface area (Å²) in [6.07, 6.45) is 6.65. The highest BCUT2D eigenvalue weighted by Gasteiger charge is 2.19. The third-order valence-electron chi connectivity index (χ3n) is 5.40. The van der Waals surface area contributed by atoms with Gasteiger partial charge in [0.05, 0.1) is 11.3 Å². The maximum absolute atomic E-state index is 6.17. The largest absolute Gasteiger partial charge is 0.382 e. The molecular weight excluding hydrogens is 362 g/mol. The first-order valence-corrected chi connectivity index (χ1v) is 9.80. The lowest BCUT2D eigenvalue weighted by Crippen LogP contribution is -2.26. The van der Waals surface area contributed by atoms with Crippen molar-refractivity contribution in [2.45, 2.75) is 19.0 Å². The van der Waals surface area contributed by atoms with Crippen molar-refractivity contribution >= 4 is 11.5 Å². The normalized spacial score (nSPS) is 17.2. The van der Waals surface area contributed by atoms with Crippen LogP contribution in [0.1, 0.15) is 12.0 Å². The first-order valence-electron chi connectivity index (χ1n) is 9.80. The fourth-order valence-corrected chi connectivity index (χ4v) is 3.97. The molecule has 1 fully saturated rings. The molecule has 0 amide bonds. The van der Waals surface area contributed by atoms with Gasteiger partial charge in [0.15, 0.2) is 11.5 Å². The van der Waals surface area contributed by atoms with Crippen LogP contribution < -0.4 is 11.5 Å². The number of rotatable bonds is 4. The topological polar surface area (TPSA) is 98.4 Å². The molecule has 5 rings (SSSR count). The Morgan fingerprint density at radius 2 is 2.00 bits per heavy atom. The third-order valence-corrected chi connectivity index (χ3v) is 5.40. The first kappa shape index (κ1) is 17.8. The van der Waals surface area contributed by atoms with Crippen LogP contribution >= 0.6 is 0 Å². The number of nitrogen functional groups attached to an aromatic ring is 1. The van der Waals surface area contributed by atoms with Crippen LogP contribution in [0, 0.1) is 0 Å². The minimum Gasteiger partial charge on any atom is -0.382 e. The predicted octanol–water partition coefficient (Wildman–Crippen LogP) is 2.57. The van der Waals surface area contributed by atoms with E-state index in [4.69, 9.17) is 11.5 Å². The Kier molecular flexibility index (Phi) is 4.46. The van der Waals surface area contributed by atoms with Crippen molar-refractivity contribution in [2.24, 2.45) is 5.73 Å². The van der Waals surface area contributed by atoms with Gasteiger partial charge in [0, 0.05) is 49.8 Å². The monoisotopic (exact) mass is 385 g/mol. The van der Waals surface area contributed by atoms with Crippen molar-refractivity contribution < 1.29 is 0 Å². The lowest BCUT2D eigenvalue weighted by Gasteiger charge is -2.15. The third kappa shape index (κ3) is 3.46. The SMILES string of the molecule is Nc1nn2cc(-c3cccc(CN4CC[C@@H](N)C4)c3)cnc2c1-c1ccccn1. The van der Waals surface area contributed by atoms with Gasteiger partial charge in [-0.3, -0.25) is 9.88 Å². The molecule has 4 N–H and O–H groups in total. The molecule has 7 nitrogen and oxygen atoms in total. The van der Waals surface area contributed by atoms with E-state index in [0.717, 1.165) is 48.4 Å². The molecule has 3 aromatic heterocycles. The van der Waals surface area contributed by atoms with Crippen molar-refractivity contribution in [3.8, 4) is 22.4 Å². The molecule has 0 radical (unpaired) electrons. The number of nitrogens with zero attached hydrogens (tertiary/aromatic N) is 5. The van der Waals surface area contributed by atoms with Crippen LogP contribution in [0.15, 0.2) is 61.1 Å². The quantitative estimate of drug-likeness (QED) is 0.560. The van der Waals surface area contributed by atoms with Crippen molar-refractivity contribution in [3.63, 3.8) is 0 Å². The number of anilines is 1. The number of hydrogen-bond donors (Lipinski definition) is 2. The molecule has 7 heteroatoms. The number of nitrogens with two attached hydrogens (primary N) is 2. The molecule has 146 valence electrons. The zero-order valence-electron chi connectivity index (χ0n) is 16.1. The van der Waals surface area contributed by atoms with Gasteiger partial charge in [0.2, 0.25) is 0 Å². The highest BCUT2D eigenvalue weighted by molar-refractivity contribution is 5.84. The van der Waals surface area contributed by atoms with E-state index >= 15 is 0 Å². The molecule has 4 heterocycles. The summed E-state index contributed by atoms with van der Waals surface area (Å²) in [5.41, 5.74) is 17.8. The van der Waals surface area contributed by atoms with Gasteiger partial charge >= 0.3 is 0 Å². The molecule has 1 atom stereocenters. The molecule has 0 unspecified atom stereocenters. The molecule has 29 heavy (non-hydrogen) atoms. The summed E-state index contributed by atoms with van der Waals surface area (Å²) in [5, 5.41) is 4.46. The fourth-order valence-electron chi connectivity index (χ4n) is 3.97. The second-order valence-electron chi connectivity index (χ2n) is 7.57. The average Bonchev–Trinajstić information content (AvgIpc) is 3.29. The van der Waals surface area contributed by atoms with Crippen LogP contribution in [-0.4, -0.2) is 43.6 Å². The zero-order chi connectivity index (χ0) is 19.8. The zero-order valence-corrected chi connectivity index (χ0v) is 16.1. The highest BCUT2D eigenvalue weighted by atomic mass is 15.3. The predicted molar refractivity (Wildman–Crippen MR) is 114 cm³/mol. The average molecular weight is 385 g/mol. The Morgan fingerprint density at radius 1 is 1.07 bits per heavy atom. The number of fused-ring (bicyclic) bond motifs is 1. The fraction of sp³-hybridized carbons (Fsp3) is 0.227. The molecule has 1 aliphatic rings. The van der Waals surface area contributed by atoms with Crippen molar-refractivity contribution in [3.05, 3.63) is 66.6 Å². The molecule has 0 spiro atoms. The molecule has 1 aromatic carbocycles. The standard InChI is InChI=1S/C22H23N7/c23-18-7-9-28(14-18)12-15-4-3-5-16(10-15)17-11-26-22-20(19-6-1-2-8-25-19)21(24)27-29(22)13-17/h1-6,8,10-11,13,18H,7,9,12,14,23H2,(H2,24,27)/t18-/m1/s1. The number of hydrogen-bond acceptors (Lipinski definition) is 6. The van der Waals surface area contributed by atoms with E-state index in [0.29, 0.717) is 17.5 Å². The Bertz CT molecular complexity index is 1150. The Balaban J connectivity index is 1.48. The van der Waals surface area contributed by atoms with Gasteiger partial charge in [-0.1, -0.05) is 24.3 Å². The van der Waals surface area contributed by atoms with E-state index in [9.17, 15) is 0 Å². The summed E-state index contributed by atoms with van der Waals surface area (Å²) in [4.78, 5) is 11.4. The van der Waals surface area contributed by atoms with E-state index in [1.54, 1.807) is 10.7 Å². The van der Waals surface area contributed by atoms with Gasteiger partial charge in [-0.05, 0) is 35.7 Å². The van der Waals surface area contributed by atoms with Crippen LogP contribution in [0.5, 0.6) is 0 Å². The van der Waals surface area contributed by atoms with Crippen LogP contribution in [0.25, 0.3) is 28.0 Å². The van der Waals surface area contributed by atoms with E-state index in [2.05, 4.69) is 44.2 Å². The minimum absolute atomic E-state index is 0.295. The summed E-state index contributed by atoms with van der Waals surface area (Å²) in [6.45, 7) is 2.93. The summed E-state index contributed by atoms with van der Waals surface area (Å²) >= 11 is 0. The number of benzene rings is 1. The molecule has 1 saturated heterocycles. The molecule has 0 aliphatic carbocycles.